The fourth-order valence-electron chi connectivity index (χ4n) is 3.99. The second-order valence-electron chi connectivity index (χ2n) is 6.00. The number of para-hydroxylation sites is 1. The topological polar surface area (TPSA) is 39.2 Å². The third kappa shape index (κ3) is 1.39. The van der Waals surface area contributed by atoms with E-state index >= 15 is 0 Å². The second-order valence-corrected chi connectivity index (χ2v) is 6.00. The van der Waals surface area contributed by atoms with Crippen molar-refractivity contribution in [1.29, 1.82) is 0 Å². The molecule has 2 aliphatic rings. The number of benzene rings is 1. The summed E-state index contributed by atoms with van der Waals surface area (Å²) < 4.78 is 6.00. The molecule has 2 fully saturated rings. The van der Waals surface area contributed by atoms with Crippen LogP contribution >= 0.6 is 0 Å². The van der Waals surface area contributed by atoms with Crippen LogP contribution in [0.5, 0.6) is 0 Å². The molecule has 3 unspecified atom stereocenters. The third-order valence-corrected chi connectivity index (χ3v) is 4.98. The quantitative estimate of drug-likeness (QED) is 0.868. The van der Waals surface area contributed by atoms with Crippen molar-refractivity contribution in [3.05, 3.63) is 35.6 Å². The predicted molar refractivity (Wildman–Crippen MR) is 72.2 cm³/mol. The Labute approximate surface area is 107 Å². The molecule has 2 nitrogen and oxygen atoms in total. The first-order valence-corrected chi connectivity index (χ1v) is 7.00. The van der Waals surface area contributed by atoms with Crippen LogP contribution < -0.4 is 5.73 Å². The maximum Gasteiger partial charge on any atom is 0.137 e. The van der Waals surface area contributed by atoms with Gasteiger partial charge >= 0.3 is 0 Å². The minimum Gasteiger partial charge on any atom is -0.459 e. The zero-order valence-electron chi connectivity index (χ0n) is 10.7. The molecule has 1 aromatic heterocycles. The smallest absolute Gasteiger partial charge is 0.137 e. The maximum atomic E-state index is 6.41. The largest absolute Gasteiger partial charge is 0.459 e. The van der Waals surface area contributed by atoms with E-state index in [0.29, 0.717) is 5.92 Å². The van der Waals surface area contributed by atoms with Crippen molar-refractivity contribution in [2.45, 2.75) is 32.2 Å². The van der Waals surface area contributed by atoms with Crippen molar-refractivity contribution in [3.8, 4) is 0 Å². The molecule has 0 amide bonds. The van der Waals surface area contributed by atoms with Crippen molar-refractivity contribution in [1.82, 2.24) is 0 Å². The average Bonchev–Trinajstić information content (AvgIpc) is 2.79. The lowest BCUT2D eigenvalue weighted by Crippen LogP contribution is -2.14. The standard InChI is InChI=1S/C16H19NO/c1-9-4-2-5-10-8-13(18-16(9)10)15(17)14-11-6-3-7-12(11)14/h2,4-5,8,11-12,14-15H,3,6-7,17H2,1H3. The number of hydrogen-bond donors (Lipinski definition) is 1. The van der Waals surface area contributed by atoms with Gasteiger partial charge in [-0.2, -0.15) is 0 Å². The Morgan fingerprint density at radius 1 is 1.28 bits per heavy atom. The van der Waals surface area contributed by atoms with Crippen molar-refractivity contribution in [3.63, 3.8) is 0 Å². The summed E-state index contributed by atoms with van der Waals surface area (Å²) in [5.74, 6) is 3.43. The molecular formula is C16H19NO. The Kier molecular flexibility index (Phi) is 2.13. The molecule has 0 spiro atoms. The number of fused-ring (bicyclic) bond motifs is 2. The van der Waals surface area contributed by atoms with Gasteiger partial charge in [0, 0.05) is 5.39 Å². The van der Waals surface area contributed by atoms with Crippen LogP contribution in [0.4, 0.5) is 0 Å². The second kappa shape index (κ2) is 3.61. The number of hydrogen-bond acceptors (Lipinski definition) is 2. The van der Waals surface area contributed by atoms with E-state index in [0.717, 1.165) is 23.2 Å². The predicted octanol–water partition coefficient (Wildman–Crippen LogP) is 3.79. The lowest BCUT2D eigenvalue weighted by Gasteiger charge is -2.10. The molecule has 4 rings (SSSR count). The molecule has 94 valence electrons. The van der Waals surface area contributed by atoms with E-state index in [1.807, 2.05) is 0 Å². The maximum absolute atomic E-state index is 6.41. The number of furan rings is 1. The fraction of sp³-hybridized carbons (Fsp3) is 0.500. The first kappa shape index (κ1) is 10.6. The van der Waals surface area contributed by atoms with Gasteiger partial charge in [-0.05, 0) is 49.1 Å². The molecule has 1 heterocycles. The summed E-state index contributed by atoms with van der Waals surface area (Å²) in [6.07, 6.45) is 4.16. The lowest BCUT2D eigenvalue weighted by atomic mass is 10.0. The van der Waals surface area contributed by atoms with Gasteiger partial charge in [-0.1, -0.05) is 24.6 Å². The molecule has 0 aliphatic heterocycles. The first-order chi connectivity index (χ1) is 8.75. The molecule has 2 N–H and O–H groups in total. The van der Waals surface area contributed by atoms with Gasteiger partial charge in [0.05, 0.1) is 6.04 Å². The summed E-state index contributed by atoms with van der Waals surface area (Å²) in [6.45, 7) is 2.09. The normalized spacial score (nSPS) is 31.6. The Balaban J connectivity index is 1.68. The van der Waals surface area contributed by atoms with Gasteiger partial charge in [-0.15, -0.1) is 0 Å². The van der Waals surface area contributed by atoms with E-state index in [1.165, 1.54) is 30.2 Å². The Morgan fingerprint density at radius 3 is 2.78 bits per heavy atom. The van der Waals surface area contributed by atoms with Crippen LogP contribution in [0.15, 0.2) is 28.7 Å². The van der Waals surface area contributed by atoms with Crippen molar-refractivity contribution in [2.24, 2.45) is 23.5 Å². The molecule has 18 heavy (non-hydrogen) atoms. The zero-order chi connectivity index (χ0) is 12.3. The van der Waals surface area contributed by atoms with Crippen LogP contribution in [0.1, 0.15) is 36.6 Å². The minimum absolute atomic E-state index is 0.104. The molecule has 0 radical (unpaired) electrons. The highest BCUT2D eigenvalue weighted by Crippen LogP contribution is 2.61. The fourth-order valence-corrected chi connectivity index (χ4v) is 3.99. The molecule has 2 aromatic rings. The van der Waals surface area contributed by atoms with Crippen LogP contribution in [0.3, 0.4) is 0 Å². The molecule has 2 saturated carbocycles. The van der Waals surface area contributed by atoms with Crippen molar-refractivity contribution < 1.29 is 4.42 Å². The van der Waals surface area contributed by atoms with E-state index < -0.39 is 0 Å². The SMILES string of the molecule is Cc1cccc2cc(C(N)C3C4CCCC43)oc12. The van der Waals surface area contributed by atoms with E-state index in [4.69, 9.17) is 10.2 Å². The molecule has 0 saturated heterocycles. The molecule has 0 bridgehead atoms. The number of nitrogens with two attached hydrogens (primary N) is 1. The van der Waals surface area contributed by atoms with Crippen LogP contribution in [0.25, 0.3) is 11.0 Å². The van der Waals surface area contributed by atoms with Gasteiger partial charge in [0.15, 0.2) is 0 Å². The third-order valence-electron chi connectivity index (χ3n) is 4.98. The molecule has 2 heteroatoms. The summed E-state index contributed by atoms with van der Waals surface area (Å²) in [7, 11) is 0. The highest BCUT2D eigenvalue weighted by Gasteiger charge is 2.55. The van der Waals surface area contributed by atoms with E-state index in [2.05, 4.69) is 31.2 Å². The van der Waals surface area contributed by atoms with Gasteiger partial charge in [0.25, 0.3) is 0 Å². The summed E-state index contributed by atoms with van der Waals surface area (Å²) in [5, 5.41) is 1.19. The van der Waals surface area contributed by atoms with Gasteiger partial charge < -0.3 is 10.2 Å². The average molecular weight is 241 g/mol. The van der Waals surface area contributed by atoms with Crippen LogP contribution in [-0.2, 0) is 0 Å². The molecule has 1 aromatic carbocycles. The monoisotopic (exact) mass is 241 g/mol. The van der Waals surface area contributed by atoms with E-state index in [9.17, 15) is 0 Å². The van der Waals surface area contributed by atoms with Crippen LogP contribution in [-0.4, -0.2) is 0 Å². The van der Waals surface area contributed by atoms with Gasteiger partial charge in [0.2, 0.25) is 0 Å². The molecular weight excluding hydrogens is 222 g/mol. The number of rotatable bonds is 2. The summed E-state index contributed by atoms with van der Waals surface area (Å²) >= 11 is 0. The molecule has 2 aliphatic carbocycles. The highest BCUT2D eigenvalue weighted by molar-refractivity contribution is 5.81. The Hall–Kier alpha value is -1.28. The van der Waals surface area contributed by atoms with Crippen LogP contribution in [0, 0.1) is 24.7 Å². The van der Waals surface area contributed by atoms with Gasteiger partial charge in [0.1, 0.15) is 11.3 Å². The first-order valence-electron chi connectivity index (χ1n) is 7.00. The Bertz CT molecular complexity index is 590. The zero-order valence-corrected chi connectivity index (χ0v) is 10.7. The van der Waals surface area contributed by atoms with Crippen molar-refractivity contribution >= 4 is 11.0 Å². The van der Waals surface area contributed by atoms with Gasteiger partial charge in [-0.3, -0.25) is 0 Å². The summed E-state index contributed by atoms with van der Waals surface area (Å²) in [5.41, 5.74) is 8.62. The highest BCUT2D eigenvalue weighted by atomic mass is 16.3. The Morgan fingerprint density at radius 2 is 2.06 bits per heavy atom. The van der Waals surface area contributed by atoms with E-state index in [1.54, 1.807) is 0 Å². The van der Waals surface area contributed by atoms with E-state index in [-0.39, 0.29) is 6.04 Å². The summed E-state index contributed by atoms with van der Waals surface area (Å²) in [4.78, 5) is 0. The van der Waals surface area contributed by atoms with Gasteiger partial charge in [-0.25, -0.2) is 0 Å². The molecule has 3 atom stereocenters. The van der Waals surface area contributed by atoms with Crippen LogP contribution in [0.2, 0.25) is 0 Å². The minimum atomic E-state index is 0.104. The van der Waals surface area contributed by atoms with Crippen molar-refractivity contribution in [2.75, 3.05) is 0 Å². The summed E-state index contributed by atoms with van der Waals surface area (Å²) in [6, 6.07) is 8.52. The lowest BCUT2D eigenvalue weighted by molar-refractivity contribution is 0.421. The number of aryl methyl sites for hydroxylation is 1.